The summed E-state index contributed by atoms with van der Waals surface area (Å²) in [6, 6.07) is 0. The summed E-state index contributed by atoms with van der Waals surface area (Å²) in [5.41, 5.74) is -0.364. The molecular formula is C11H15N3O2. The lowest BCUT2D eigenvalue weighted by molar-refractivity contribution is -0.162. The van der Waals surface area contributed by atoms with Gasteiger partial charge in [0.25, 0.3) is 0 Å². The fraction of sp³-hybridized carbons (Fsp3) is 0.636. The number of aromatic nitrogens is 2. The zero-order chi connectivity index (χ0) is 11.2. The Morgan fingerprint density at radius 2 is 2.25 bits per heavy atom. The van der Waals surface area contributed by atoms with Crippen LogP contribution in [0.5, 0.6) is 0 Å². The van der Waals surface area contributed by atoms with Gasteiger partial charge in [-0.15, -0.1) is 0 Å². The van der Waals surface area contributed by atoms with Gasteiger partial charge in [-0.1, -0.05) is 0 Å². The van der Waals surface area contributed by atoms with Gasteiger partial charge in [0.2, 0.25) is 5.91 Å². The van der Waals surface area contributed by atoms with E-state index in [9.17, 15) is 9.90 Å². The Hall–Kier alpha value is -1.36. The molecule has 2 aliphatic heterocycles. The van der Waals surface area contributed by atoms with Crippen molar-refractivity contribution in [3.63, 3.8) is 0 Å². The molecule has 86 valence electrons. The molecule has 0 radical (unpaired) electrons. The van der Waals surface area contributed by atoms with Crippen LogP contribution in [0.4, 0.5) is 0 Å². The fourth-order valence-corrected chi connectivity index (χ4v) is 2.77. The summed E-state index contributed by atoms with van der Waals surface area (Å²) in [6.07, 6.45) is 6.28. The normalized spacial score (nSPS) is 29.6. The highest BCUT2D eigenvalue weighted by Gasteiger charge is 2.44. The van der Waals surface area contributed by atoms with Crippen molar-refractivity contribution in [1.29, 1.82) is 0 Å². The van der Waals surface area contributed by atoms with E-state index >= 15 is 0 Å². The van der Waals surface area contributed by atoms with Crippen LogP contribution in [0, 0.1) is 0 Å². The van der Waals surface area contributed by atoms with E-state index in [0.717, 1.165) is 25.1 Å². The van der Waals surface area contributed by atoms with Gasteiger partial charge < -0.3 is 14.6 Å². The van der Waals surface area contributed by atoms with Gasteiger partial charge >= 0.3 is 0 Å². The molecule has 5 heteroatoms. The summed E-state index contributed by atoms with van der Waals surface area (Å²) in [7, 11) is 0. The Labute approximate surface area is 93.7 Å². The van der Waals surface area contributed by atoms with E-state index < -0.39 is 5.72 Å². The van der Waals surface area contributed by atoms with E-state index in [1.807, 2.05) is 4.57 Å². The monoisotopic (exact) mass is 221 g/mol. The Bertz CT molecular complexity index is 429. The summed E-state index contributed by atoms with van der Waals surface area (Å²) in [4.78, 5) is 17.4. The molecule has 16 heavy (non-hydrogen) atoms. The molecule has 0 saturated carbocycles. The number of hydrogen-bond acceptors (Lipinski definition) is 3. The minimum Gasteiger partial charge on any atom is -0.365 e. The van der Waals surface area contributed by atoms with Crippen molar-refractivity contribution in [2.24, 2.45) is 0 Å². The number of aliphatic hydroxyl groups is 1. The van der Waals surface area contributed by atoms with Gasteiger partial charge in [0.05, 0.1) is 18.2 Å². The Kier molecular flexibility index (Phi) is 2.04. The number of amides is 1. The van der Waals surface area contributed by atoms with Gasteiger partial charge in [-0.2, -0.15) is 0 Å². The summed E-state index contributed by atoms with van der Waals surface area (Å²) >= 11 is 0. The van der Waals surface area contributed by atoms with Crippen molar-refractivity contribution in [3.05, 3.63) is 18.2 Å². The van der Waals surface area contributed by atoms with Crippen LogP contribution < -0.4 is 0 Å². The third-order valence-electron chi connectivity index (χ3n) is 3.57. The molecule has 3 rings (SSSR count). The quantitative estimate of drug-likeness (QED) is 0.748. The first-order valence-electron chi connectivity index (χ1n) is 5.75. The van der Waals surface area contributed by atoms with Crippen LogP contribution in [0.25, 0.3) is 0 Å². The first kappa shape index (κ1) is 9.84. The maximum Gasteiger partial charge on any atom is 0.225 e. The third kappa shape index (κ3) is 1.21. The van der Waals surface area contributed by atoms with E-state index in [2.05, 4.69) is 4.98 Å². The minimum atomic E-state index is -1.12. The van der Waals surface area contributed by atoms with E-state index in [1.165, 1.54) is 0 Å². The molecule has 1 aromatic rings. The van der Waals surface area contributed by atoms with Crippen LogP contribution in [0.1, 0.15) is 31.4 Å². The number of hydrogen-bond donors (Lipinski definition) is 1. The molecule has 0 spiro atoms. The summed E-state index contributed by atoms with van der Waals surface area (Å²) in [5, 5.41) is 10.7. The largest absolute Gasteiger partial charge is 0.365 e. The predicted octanol–water partition coefficient (Wildman–Crippen LogP) is 0.444. The Morgan fingerprint density at radius 1 is 1.38 bits per heavy atom. The summed E-state index contributed by atoms with van der Waals surface area (Å²) < 4.78 is 1.94. The molecule has 1 fully saturated rings. The second kappa shape index (κ2) is 3.31. The standard InChI is InChI=1S/C11H15N3O2/c15-10-3-1-6-14(10)11(16)4-2-5-13-8-12-7-9(11)13/h7-8,16H,1-6H2. The first-order chi connectivity index (χ1) is 7.72. The summed E-state index contributed by atoms with van der Waals surface area (Å²) in [6.45, 7) is 1.53. The summed E-state index contributed by atoms with van der Waals surface area (Å²) in [5.74, 6) is 0.0529. The molecule has 0 aromatic carbocycles. The van der Waals surface area contributed by atoms with Crippen LogP contribution in [0.15, 0.2) is 12.5 Å². The lowest BCUT2D eigenvalue weighted by atomic mass is 9.98. The average Bonchev–Trinajstić information content (AvgIpc) is 2.86. The van der Waals surface area contributed by atoms with Crippen molar-refractivity contribution >= 4 is 5.91 Å². The smallest absolute Gasteiger partial charge is 0.225 e. The maximum absolute atomic E-state index is 11.7. The van der Waals surface area contributed by atoms with Crippen LogP contribution in [0.3, 0.4) is 0 Å². The molecule has 1 N–H and O–H groups in total. The zero-order valence-electron chi connectivity index (χ0n) is 9.09. The lowest BCUT2D eigenvalue weighted by Gasteiger charge is -2.40. The molecule has 3 heterocycles. The van der Waals surface area contributed by atoms with Crippen molar-refractivity contribution in [2.75, 3.05) is 6.54 Å². The van der Waals surface area contributed by atoms with Gasteiger partial charge in [-0.3, -0.25) is 4.79 Å². The number of fused-ring (bicyclic) bond motifs is 1. The van der Waals surface area contributed by atoms with Crippen LogP contribution in [0.2, 0.25) is 0 Å². The second-order valence-electron chi connectivity index (χ2n) is 4.54. The van der Waals surface area contributed by atoms with E-state index in [-0.39, 0.29) is 5.91 Å². The van der Waals surface area contributed by atoms with E-state index in [1.54, 1.807) is 17.4 Å². The molecule has 1 aromatic heterocycles. The first-order valence-corrected chi connectivity index (χ1v) is 5.75. The van der Waals surface area contributed by atoms with E-state index in [0.29, 0.717) is 19.4 Å². The molecule has 5 nitrogen and oxygen atoms in total. The lowest BCUT2D eigenvalue weighted by Crippen LogP contribution is -2.49. The third-order valence-corrected chi connectivity index (χ3v) is 3.57. The number of nitrogens with zero attached hydrogens (tertiary/aromatic N) is 3. The SMILES string of the molecule is O=C1CCCN1C1(O)CCCn2cncc21. The number of aryl methyl sites for hydroxylation is 1. The van der Waals surface area contributed by atoms with Crippen LogP contribution in [-0.2, 0) is 17.1 Å². The van der Waals surface area contributed by atoms with Crippen LogP contribution >= 0.6 is 0 Å². The molecule has 1 atom stereocenters. The number of carbonyl (C=O) groups is 1. The number of carbonyl (C=O) groups excluding carboxylic acids is 1. The molecule has 0 bridgehead atoms. The van der Waals surface area contributed by atoms with Gasteiger partial charge in [-0.25, -0.2) is 4.98 Å². The average molecular weight is 221 g/mol. The van der Waals surface area contributed by atoms with Crippen molar-refractivity contribution in [2.45, 2.75) is 38.0 Å². The van der Waals surface area contributed by atoms with Crippen molar-refractivity contribution < 1.29 is 9.90 Å². The van der Waals surface area contributed by atoms with Crippen molar-refractivity contribution in [3.8, 4) is 0 Å². The fourth-order valence-electron chi connectivity index (χ4n) is 2.77. The van der Waals surface area contributed by atoms with Gasteiger partial charge in [0.1, 0.15) is 0 Å². The highest BCUT2D eigenvalue weighted by molar-refractivity contribution is 5.78. The van der Waals surface area contributed by atoms with Gasteiger partial charge in [0, 0.05) is 25.9 Å². The van der Waals surface area contributed by atoms with Gasteiger partial charge in [0.15, 0.2) is 5.72 Å². The Morgan fingerprint density at radius 3 is 3.00 bits per heavy atom. The highest BCUT2D eigenvalue weighted by Crippen LogP contribution is 2.36. The molecule has 0 aliphatic carbocycles. The molecular weight excluding hydrogens is 206 g/mol. The van der Waals surface area contributed by atoms with E-state index in [4.69, 9.17) is 0 Å². The number of imidazole rings is 1. The molecule has 1 saturated heterocycles. The zero-order valence-corrected chi connectivity index (χ0v) is 9.09. The van der Waals surface area contributed by atoms with Gasteiger partial charge in [-0.05, 0) is 12.8 Å². The van der Waals surface area contributed by atoms with Crippen LogP contribution in [-0.4, -0.2) is 32.0 Å². The second-order valence-corrected chi connectivity index (χ2v) is 4.54. The Balaban J connectivity index is 2.03. The topological polar surface area (TPSA) is 58.4 Å². The maximum atomic E-state index is 11.7. The minimum absolute atomic E-state index is 0.0529. The number of rotatable bonds is 1. The molecule has 1 unspecified atom stereocenters. The predicted molar refractivity (Wildman–Crippen MR) is 56.3 cm³/mol. The number of likely N-dealkylation sites (tertiary alicyclic amines) is 1. The highest BCUT2D eigenvalue weighted by atomic mass is 16.3. The molecule has 1 amide bonds. The van der Waals surface area contributed by atoms with Crippen molar-refractivity contribution in [1.82, 2.24) is 14.5 Å². The molecule has 2 aliphatic rings.